The van der Waals surface area contributed by atoms with Crippen LogP contribution >= 0.6 is 46.6 Å². The summed E-state index contributed by atoms with van der Waals surface area (Å²) in [4.78, 5) is 12.3. The van der Waals surface area contributed by atoms with Gasteiger partial charge >= 0.3 is 0 Å². The summed E-state index contributed by atoms with van der Waals surface area (Å²) in [7, 11) is -3.65. The third kappa shape index (κ3) is 7.26. The Morgan fingerprint density at radius 1 is 1.14 bits per heavy atom. The molecule has 0 saturated carbocycles. The maximum Gasteiger partial charge on any atom is 0.240 e. The summed E-state index contributed by atoms with van der Waals surface area (Å²) in [6, 6.07) is 10.3. The van der Waals surface area contributed by atoms with Gasteiger partial charge in [-0.3, -0.25) is 9.10 Å². The Morgan fingerprint density at radius 3 is 2.41 bits per heavy atom. The molecule has 0 aliphatic carbocycles. The maximum atomic E-state index is 12.3. The normalized spacial score (nSPS) is 11.3. The first kappa shape index (κ1) is 24.2. The highest BCUT2D eigenvalue weighted by Crippen LogP contribution is 2.28. The van der Waals surface area contributed by atoms with E-state index in [1.807, 2.05) is 0 Å². The van der Waals surface area contributed by atoms with Crippen LogP contribution in [-0.4, -0.2) is 39.4 Å². The first-order valence-electron chi connectivity index (χ1n) is 8.61. The molecule has 0 saturated heterocycles. The van der Waals surface area contributed by atoms with Crippen LogP contribution in [0.2, 0.25) is 15.1 Å². The highest BCUT2D eigenvalue weighted by Gasteiger charge is 2.22. The number of hydrogen-bond acceptors (Lipinski definition) is 4. The van der Waals surface area contributed by atoms with E-state index >= 15 is 0 Å². The number of carbonyl (C=O) groups is 1. The molecule has 1 N–H and O–H groups in total. The zero-order valence-corrected chi connectivity index (χ0v) is 19.8. The molecule has 0 unspecified atom stereocenters. The topological polar surface area (TPSA) is 66.5 Å². The molecule has 1 amide bonds. The average molecular weight is 496 g/mol. The number of anilines is 1. The van der Waals surface area contributed by atoms with Gasteiger partial charge in [-0.25, -0.2) is 8.42 Å². The number of aryl methyl sites for hydroxylation is 1. The van der Waals surface area contributed by atoms with Crippen LogP contribution in [0.4, 0.5) is 5.69 Å². The number of hydrogen-bond donors (Lipinski definition) is 1. The predicted molar refractivity (Wildman–Crippen MR) is 124 cm³/mol. The fraction of sp³-hybridized carbons (Fsp3) is 0.316. The van der Waals surface area contributed by atoms with Crippen molar-refractivity contribution in [3.8, 4) is 0 Å². The molecular formula is C19H21Cl3N2O3S2. The lowest BCUT2D eigenvalue weighted by atomic mass is 10.2. The zero-order chi connectivity index (χ0) is 21.6. The van der Waals surface area contributed by atoms with Crippen LogP contribution in [-0.2, 0) is 20.6 Å². The molecule has 0 radical (unpaired) electrons. The van der Waals surface area contributed by atoms with Gasteiger partial charge in [-0.15, -0.1) is 0 Å². The van der Waals surface area contributed by atoms with Crippen molar-refractivity contribution in [1.82, 2.24) is 5.32 Å². The molecule has 0 aliphatic heterocycles. The van der Waals surface area contributed by atoms with Crippen LogP contribution in [0.5, 0.6) is 0 Å². The van der Waals surface area contributed by atoms with E-state index in [0.29, 0.717) is 44.4 Å². The molecule has 0 fully saturated rings. The Hall–Kier alpha value is -1.12. The van der Waals surface area contributed by atoms with Crippen molar-refractivity contribution in [3.63, 3.8) is 0 Å². The number of carbonyl (C=O) groups excluding carboxylic acids is 1. The lowest BCUT2D eigenvalue weighted by molar-refractivity contribution is -0.119. The van der Waals surface area contributed by atoms with Crippen LogP contribution in [0.15, 0.2) is 36.4 Å². The van der Waals surface area contributed by atoms with Crippen LogP contribution in [0.3, 0.4) is 0 Å². The van der Waals surface area contributed by atoms with E-state index in [1.165, 1.54) is 6.07 Å². The number of nitrogens with one attached hydrogen (secondary N) is 1. The van der Waals surface area contributed by atoms with E-state index in [9.17, 15) is 13.2 Å². The van der Waals surface area contributed by atoms with Gasteiger partial charge in [0.15, 0.2) is 0 Å². The molecule has 2 aromatic rings. The quantitative estimate of drug-likeness (QED) is 0.509. The van der Waals surface area contributed by atoms with Crippen molar-refractivity contribution < 1.29 is 13.2 Å². The number of benzene rings is 2. The number of nitrogens with zero attached hydrogens (tertiary/aromatic N) is 1. The third-order valence-electron chi connectivity index (χ3n) is 4.00. The standard InChI is InChI=1S/C19H21Cl3N2O3S2/c1-13-6-7-14(20)10-18(13)24(29(2,26)27)11-19(25)23-8-9-28-12-15-16(21)4-3-5-17(15)22/h3-7,10H,8-9,11-12H2,1-2H3,(H,23,25). The van der Waals surface area contributed by atoms with Gasteiger partial charge in [0.2, 0.25) is 15.9 Å². The molecule has 0 spiro atoms. The Labute approximate surface area is 190 Å². The van der Waals surface area contributed by atoms with Crippen LogP contribution in [0.25, 0.3) is 0 Å². The van der Waals surface area contributed by atoms with Gasteiger partial charge in [0.25, 0.3) is 0 Å². The average Bonchev–Trinajstić information content (AvgIpc) is 2.63. The summed E-state index contributed by atoms with van der Waals surface area (Å²) in [6.07, 6.45) is 1.06. The monoisotopic (exact) mass is 494 g/mol. The summed E-state index contributed by atoms with van der Waals surface area (Å²) in [6.45, 7) is 1.83. The van der Waals surface area contributed by atoms with E-state index < -0.39 is 15.9 Å². The largest absolute Gasteiger partial charge is 0.354 e. The minimum atomic E-state index is -3.65. The van der Waals surface area contributed by atoms with Gasteiger partial charge in [0.1, 0.15) is 6.54 Å². The maximum absolute atomic E-state index is 12.3. The number of sulfonamides is 1. The smallest absolute Gasteiger partial charge is 0.240 e. The van der Waals surface area contributed by atoms with Crippen LogP contribution < -0.4 is 9.62 Å². The van der Waals surface area contributed by atoms with E-state index in [4.69, 9.17) is 34.8 Å². The molecule has 2 rings (SSSR count). The van der Waals surface area contributed by atoms with Gasteiger partial charge < -0.3 is 5.32 Å². The van der Waals surface area contributed by atoms with E-state index in [0.717, 1.165) is 16.1 Å². The van der Waals surface area contributed by atoms with Crippen molar-refractivity contribution in [3.05, 3.63) is 62.6 Å². The van der Waals surface area contributed by atoms with E-state index in [2.05, 4.69) is 5.32 Å². The minimum absolute atomic E-state index is 0.318. The number of rotatable bonds is 9. The van der Waals surface area contributed by atoms with Gasteiger partial charge in [-0.1, -0.05) is 46.9 Å². The zero-order valence-electron chi connectivity index (χ0n) is 15.9. The Bertz CT molecular complexity index is 964. The Balaban J connectivity index is 1.90. The Morgan fingerprint density at radius 2 is 1.79 bits per heavy atom. The minimum Gasteiger partial charge on any atom is -0.354 e. The summed E-state index contributed by atoms with van der Waals surface area (Å²) in [5.41, 5.74) is 1.95. The summed E-state index contributed by atoms with van der Waals surface area (Å²) in [5, 5.41) is 4.35. The van der Waals surface area contributed by atoms with E-state index in [1.54, 1.807) is 49.0 Å². The second-order valence-corrected chi connectivity index (χ2v) is 10.6. The number of halogens is 3. The highest BCUT2D eigenvalue weighted by molar-refractivity contribution is 7.98. The van der Waals surface area contributed by atoms with Gasteiger partial charge in [0.05, 0.1) is 11.9 Å². The molecule has 2 aromatic carbocycles. The predicted octanol–water partition coefficient (Wildman–Crippen LogP) is 4.77. The van der Waals surface area contributed by atoms with Gasteiger partial charge in [0, 0.05) is 33.1 Å². The second kappa shape index (κ2) is 10.8. The molecule has 158 valence electrons. The molecule has 10 heteroatoms. The summed E-state index contributed by atoms with van der Waals surface area (Å²) < 4.78 is 25.5. The van der Waals surface area contributed by atoms with Crippen molar-refractivity contribution in [2.45, 2.75) is 12.7 Å². The first-order chi connectivity index (χ1) is 13.6. The first-order valence-corrected chi connectivity index (χ1v) is 12.7. The second-order valence-electron chi connectivity index (χ2n) is 6.30. The molecule has 29 heavy (non-hydrogen) atoms. The Kier molecular flexibility index (Phi) is 8.97. The molecule has 0 aromatic heterocycles. The fourth-order valence-electron chi connectivity index (χ4n) is 2.53. The molecule has 0 bridgehead atoms. The van der Waals surface area contributed by atoms with Crippen LogP contribution in [0, 0.1) is 6.92 Å². The number of amides is 1. The van der Waals surface area contributed by atoms with Crippen LogP contribution in [0.1, 0.15) is 11.1 Å². The summed E-state index contributed by atoms with van der Waals surface area (Å²) in [5.74, 6) is 0.847. The SMILES string of the molecule is Cc1ccc(Cl)cc1N(CC(=O)NCCSCc1c(Cl)cccc1Cl)S(C)(=O)=O. The molecule has 0 heterocycles. The van der Waals surface area contributed by atoms with Gasteiger partial charge in [-0.2, -0.15) is 11.8 Å². The van der Waals surface area contributed by atoms with Crippen molar-refractivity contribution >= 4 is 68.2 Å². The van der Waals surface area contributed by atoms with Crippen molar-refractivity contribution in [2.75, 3.05) is 29.4 Å². The highest BCUT2D eigenvalue weighted by atomic mass is 35.5. The molecule has 0 aliphatic rings. The van der Waals surface area contributed by atoms with E-state index in [-0.39, 0.29) is 6.54 Å². The number of thioether (sulfide) groups is 1. The van der Waals surface area contributed by atoms with Crippen molar-refractivity contribution in [2.24, 2.45) is 0 Å². The molecular weight excluding hydrogens is 475 g/mol. The molecule has 0 atom stereocenters. The lowest BCUT2D eigenvalue weighted by Gasteiger charge is -2.23. The summed E-state index contributed by atoms with van der Waals surface area (Å²) >= 11 is 19.8. The fourth-order valence-corrected chi connectivity index (χ4v) is 5.19. The third-order valence-corrected chi connectivity index (χ3v) is 7.06. The van der Waals surface area contributed by atoms with Crippen molar-refractivity contribution in [1.29, 1.82) is 0 Å². The molecule has 5 nitrogen and oxygen atoms in total. The lowest BCUT2D eigenvalue weighted by Crippen LogP contribution is -2.41. The van der Waals surface area contributed by atoms with Gasteiger partial charge in [-0.05, 0) is 42.3 Å².